The molecule has 2 rings (SSSR count). The Kier molecular flexibility index (Phi) is 4.04. The molecular weight excluding hydrogens is 212 g/mol. The lowest BCUT2D eigenvalue weighted by atomic mass is 10.1. The number of aromatic nitrogens is 1. The number of methoxy groups -OCH3 is 1. The van der Waals surface area contributed by atoms with E-state index in [1.54, 1.807) is 7.11 Å². The average Bonchev–Trinajstić information content (AvgIpc) is 2.78. The smallest absolute Gasteiger partial charge is 0.128 e. The summed E-state index contributed by atoms with van der Waals surface area (Å²) in [6.45, 7) is 4.28. The van der Waals surface area contributed by atoms with E-state index in [9.17, 15) is 0 Å². The van der Waals surface area contributed by atoms with E-state index >= 15 is 0 Å². The third kappa shape index (κ3) is 2.61. The van der Waals surface area contributed by atoms with Crippen molar-refractivity contribution in [1.82, 2.24) is 10.3 Å². The number of benzene rings is 1. The Bertz CT molecular complexity index is 476. The molecule has 0 aliphatic heterocycles. The molecule has 0 atom stereocenters. The Labute approximate surface area is 102 Å². The first-order valence-electron chi connectivity index (χ1n) is 6.20. The quantitative estimate of drug-likeness (QED) is 0.751. The van der Waals surface area contributed by atoms with Crippen molar-refractivity contribution in [2.24, 2.45) is 0 Å². The van der Waals surface area contributed by atoms with Crippen molar-refractivity contribution in [3.8, 4) is 5.75 Å². The molecule has 0 bridgehead atoms. The Morgan fingerprint density at radius 2 is 2.18 bits per heavy atom. The normalized spacial score (nSPS) is 10.9. The highest BCUT2D eigenvalue weighted by molar-refractivity contribution is 5.89. The molecule has 1 aromatic carbocycles. The highest BCUT2D eigenvalue weighted by Crippen LogP contribution is 2.28. The molecule has 0 aliphatic rings. The Hall–Kier alpha value is -1.48. The minimum Gasteiger partial charge on any atom is -0.496 e. The molecule has 3 nitrogen and oxygen atoms in total. The zero-order valence-corrected chi connectivity index (χ0v) is 10.5. The van der Waals surface area contributed by atoms with Gasteiger partial charge in [0.1, 0.15) is 5.75 Å². The lowest BCUT2D eigenvalue weighted by Crippen LogP contribution is -2.17. The molecule has 3 heteroatoms. The van der Waals surface area contributed by atoms with Crippen LogP contribution in [-0.4, -0.2) is 25.2 Å². The molecule has 0 fully saturated rings. The summed E-state index contributed by atoms with van der Waals surface area (Å²) in [6.07, 6.45) is 4.29. The summed E-state index contributed by atoms with van der Waals surface area (Å²) in [7, 11) is 1.72. The van der Waals surface area contributed by atoms with Crippen molar-refractivity contribution >= 4 is 10.9 Å². The SMILES string of the molecule is CCCNCCc1c[nH]c2cccc(OC)c12. The van der Waals surface area contributed by atoms with Gasteiger partial charge in [-0.15, -0.1) is 0 Å². The maximum atomic E-state index is 5.41. The van der Waals surface area contributed by atoms with Crippen LogP contribution < -0.4 is 10.1 Å². The van der Waals surface area contributed by atoms with Gasteiger partial charge in [-0.2, -0.15) is 0 Å². The lowest BCUT2D eigenvalue weighted by Gasteiger charge is -2.05. The van der Waals surface area contributed by atoms with Gasteiger partial charge in [-0.05, 0) is 43.6 Å². The summed E-state index contributed by atoms with van der Waals surface area (Å²) < 4.78 is 5.41. The monoisotopic (exact) mass is 232 g/mol. The van der Waals surface area contributed by atoms with Crippen LogP contribution in [0.25, 0.3) is 10.9 Å². The predicted molar refractivity (Wildman–Crippen MR) is 71.7 cm³/mol. The molecule has 0 saturated carbocycles. The van der Waals surface area contributed by atoms with Gasteiger partial charge in [0, 0.05) is 17.1 Å². The third-order valence-corrected chi connectivity index (χ3v) is 2.97. The summed E-state index contributed by atoms with van der Waals surface area (Å²) >= 11 is 0. The summed E-state index contributed by atoms with van der Waals surface area (Å²) in [5.74, 6) is 0.953. The van der Waals surface area contributed by atoms with Crippen LogP contribution in [0.2, 0.25) is 0 Å². The van der Waals surface area contributed by atoms with Crippen molar-refractivity contribution in [3.63, 3.8) is 0 Å². The molecule has 92 valence electrons. The van der Waals surface area contributed by atoms with Crippen LogP contribution in [0, 0.1) is 0 Å². The van der Waals surface area contributed by atoms with Crippen LogP contribution >= 0.6 is 0 Å². The molecule has 1 heterocycles. The van der Waals surface area contributed by atoms with Gasteiger partial charge in [0.15, 0.2) is 0 Å². The van der Waals surface area contributed by atoms with Gasteiger partial charge < -0.3 is 15.0 Å². The van der Waals surface area contributed by atoms with E-state index in [0.29, 0.717) is 0 Å². The van der Waals surface area contributed by atoms with Crippen molar-refractivity contribution in [2.45, 2.75) is 19.8 Å². The first-order valence-corrected chi connectivity index (χ1v) is 6.20. The number of H-pyrrole nitrogens is 1. The second kappa shape index (κ2) is 5.73. The van der Waals surface area contributed by atoms with Crippen LogP contribution in [0.3, 0.4) is 0 Å². The highest BCUT2D eigenvalue weighted by Gasteiger charge is 2.08. The molecule has 0 spiro atoms. The van der Waals surface area contributed by atoms with Crippen LogP contribution in [-0.2, 0) is 6.42 Å². The fraction of sp³-hybridized carbons (Fsp3) is 0.429. The van der Waals surface area contributed by atoms with Crippen LogP contribution in [0.15, 0.2) is 24.4 Å². The fourth-order valence-corrected chi connectivity index (χ4v) is 2.11. The van der Waals surface area contributed by atoms with E-state index in [4.69, 9.17) is 4.74 Å². The summed E-state index contributed by atoms with van der Waals surface area (Å²) in [4.78, 5) is 3.30. The molecule has 0 radical (unpaired) electrons. The first-order chi connectivity index (χ1) is 8.36. The van der Waals surface area contributed by atoms with Crippen molar-refractivity contribution in [2.75, 3.05) is 20.2 Å². The Balaban J connectivity index is 2.16. The largest absolute Gasteiger partial charge is 0.496 e. The van der Waals surface area contributed by atoms with Gasteiger partial charge in [0.05, 0.1) is 7.11 Å². The van der Waals surface area contributed by atoms with Crippen LogP contribution in [0.5, 0.6) is 5.75 Å². The highest BCUT2D eigenvalue weighted by atomic mass is 16.5. The number of rotatable bonds is 6. The van der Waals surface area contributed by atoms with E-state index < -0.39 is 0 Å². The van der Waals surface area contributed by atoms with Crippen molar-refractivity contribution < 1.29 is 4.74 Å². The second-order valence-electron chi connectivity index (χ2n) is 4.20. The average molecular weight is 232 g/mol. The number of ether oxygens (including phenoxy) is 1. The van der Waals surface area contributed by atoms with Gasteiger partial charge in [-0.25, -0.2) is 0 Å². The molecular formula is C14H20N2O. The first kappa shape index (κ1) is 12.0. The van der Waals surface area contributed by atoms with E-state index in [1.807, 2.05) is 12.1 Å². The van der Waals surface area contributed by atoms with E-state index in [1.165, 1.54) is 17.4 Å². The zero-order valence-electron chi connectivity index (χ0n) is 10.5. The van der Waals surface area contributed by atoms with Crippen molar-refractivity contribution in [3.05, 3.63) is 30.0 Å². The molecule has 17 heavy (non-hydrogen) atoms. The minimum absolute atomic E-state index is 0.953. The topological polar surface area (TPSA) is 37.0 Å². The molecule has 0 saturated heterocycles. The number of aromatic amines is 1. The van der Waals surface area contributed by atoms with Gasteiger partial charge >= 0.3 is 0 Å². The summed E-state index contributed by atoms with van der Waals surface area (Å²) in [5, 5.41) is 4.64. The molecule has 0 unspecified atom stereocenters. The molecule has 0 amide bonds. The maximum absolute atomic E-state index is 5.41. The van der Waals surface area contributed by atoms with Crippen LogP contribution in [0.4, 0.5) is 0 Å². The Morgan fingerprint density at radius 3 is 2.94 bits per heavy atom. The number of nitrogens with one attached hydrogen (secondary N) is 2. The zero-order chi connectivity index (χ0) is 12.1. The van der Waals surface area contributed by atoms with Gasteiger partial charge in [-0.3, -0.25) is 0 Å². The van der Waals surface area contributed by atoms with E-state index in [2.05, 4.69) is 29.5 Å². The number of hydrogen-bond acceptors (Lipinski definition) is 2. The second-order valence-corrected chi connectivity index (χ2v) is 4.20. The van der Waals surface area contributed by atoms with Gasteiger partial charge in [-0.1, -0.05) is 13.0 Å². The molecule has 1 aromatic heterocycles. The summed E-state index contributed by atoms with van der Waals surface area (Å²) in [6, 6.07) is 6.11. The summed E-state index contributed by atoms with van der Waals surface area (Å²) in [5.41, 5.74) is 2.47. The third-order valence-electron chi connectivity index (χ3n) is 2.97. The van der Waals surface area contributed by atoms with Crippen molar-refractivity contribution in [1.29, 1.82) is 0 Å². The molecule has 2 aromatic rings. The molecule has 2 N–H and O–H groups in total. The number of hydrogen-bond donors (Lipinski definition) is 2. The van der Waals surface area contributed by atoms with E-state index in [0.717, 1.165) is 30.8 Å². The van der Waals surface area contributed by atoms with Crippen LogP contribution in [0.1, 0.15) is 18.9 Å². The minimum atomic E-state index is 0.953. The predicted octanol–water partition coefficient (Wildman–Crippen LogP) is 2.72. The standard InChI is InChI=1S/C14H20N2O/c1-3-8-15-9-7-11-10-16-12-5-4-6-13(17-2)14(11)12/h4-6,10,15-16H,3,7-9H2,1-2H3. The Morgan fingerprint density at radius 1 is 1.29 bits per heavy atom. The van der Waals surface area contributed by atoms with Gasteiger partial charge in [0.25, 0.3) is 0 Å². The van der Waals surface area contributed by atoms with E-state index in [-0.39, 0.29) is 0 Å². The van der Waals surface area contributed by atoms with Gasteiger partial charge in [0.2, 0.25) is 0 Å². The number of fused-ring (bicyclic) bond motifs is 1. The lowest BCUT2D eigenvalue weighted by molar-refractivity contribution is 0.419. The molecule has 0 aliphatic carbocycles. The maximum Gasteiger partial charge on any atom is 0.128 e. The fourth-order valence-electron chi connectivity index (χ4n) is 2.11.